The van der Waals surface area contributed by atoms with E-state index in [-0.39, 0.29) is 18.6 Å². The minimum Gasteiger partial charge on any atom is -0.368 e. The van der Waals surface area contributed by atoms with Crippen LogP contribution in [0.5, 0.6) is 0 Å². The third kappa shape index (κ3) is 4.72. The molecule has 1 N–H and O–H groups in total. The molecule has 2 rings (SSSR count). The summed E-state index contributed by atoms with van der Waals surface area (Å²) in [7, 11) is -3.38. The molecule has 2 heterocycles. The van der Waals surface area contributed by atoms with E-state index in [4.69, 9.17) is 4.74 Å². The predicted octanol–water partition coefficient (Wildman–Crippen LogP) is -0.457. The van der Waals surface area contributed by atoms with Crippen LogP contribution in [0.1, 0.15) is 23.3 Å². The number of aryl methyl sites for hydroxylation is 2. The van der Waals surface area contributed by atoms with Crippen molar-refractivity contribution in [2.75, 3.05) is 32.5 Å². The van der Waals surface area contributed by atoms with Crippen molar-refractivity contribution in [1.29, 1.82) is 0 Å². The van der Waals surface area contributed by atoms with E-state index >= 15 is 0 Å². The molecule has 1 amide bonds. The SMILES string of the molecule is Cc1cc([C@H]2CN(C(=O)CNS(C)(=O)=O)CCO2)nc(C)n1. The van der Waals surface area contributed by atoms with Crippen LogP contribution in [0, 0.1) is 13.8 Å². The monoisotopic (exact) mass is 328 g/mol. The third-order valence-electron chi connectivity index (χ3n) is 3.22. The Morgan fingerprint density at radius 1 is 1.45 bits per heavy atom. The van der Waals surface area contributed by atoms with Gasteiger partial charge in [0.05, 0.1) is 31.6 Å². The van der Waals surface area contributed by atoms with Gasteiger partial charge in [0.1, 0.15) is 11.9 Å². The molecule has 0 radical (unpaired) electrons. The largest absolute Gasteiger partial charge is 0.368 e. The molecule has 122 valence electrons. The predicted molar refractivity (Wildman–Crippen MR) is 79.6 cm³/mol. The first-order valence-electron chi connectivity index (χ1n) is 6.91. The standard InChI is InChI=1S/C13H20N4O4S/c1-9-6-11(16-10(2)15-9)12-8-17(4-5-21-12)13(18)7-14-22(3,19)20/h6,12,14H,4-5,7-8H2,1-3H3/t12-/m1/s1. The molecular weight excluding hydrogens is 308 g/mol. The van der Waals surface area contributed by atoms with E-state index in [2.05, 4.69) is 14.7 Å². The molecule has 0 saturated carbocycles. The molecule has 1 aliphatic heterocycles. The van der Waals surface area contributed by atoms with E-state index in [1.807, 2.05) is 13.0 Å². The number of carbonyl (C=O) groups excluding carboxylic acids is 1. The van der Waals surface area contributed by atoms with E-state index in [0.717, 1.165) is 17.6 Å². The van der Waals surface area contributed by atoms with Gasteiger partial charge in [-0.25, -0.2) is 23.1 Å². The van der Waals surface area contributed by atoms with Gasteiger partial charge < -0.3 is 9.64 Å². The average Bonchev–Trinajstić information content (AvgIpc) is 2.43. The van der Waals surface area contributed by atoms with Crippen LogP contribution in [0.15, 0.2) is 6.07 Å². The quantitative estimate of drug-likeness (QED) is 0.803. The Kier molecular flexibility index (Phi) is 5.09. The van der Waals surface area contributed by atoms with Crippen LogP contribution in [0.25, 0.3) is 0 Å². The van der Waals surface area contributed by atoms with Crippen LogP contribution in [0.3, 0.4) is 0 Å². The molecule has 22 heavy (non-hydrogen) atoms. The Balaban J connectivity index is 2.03. The van der Waals surface area contributed by atoms with Crippen LogP contribution < -0.4 is 4.72 Å². The summed E-state index contributed by atoms with van der Waals surface area (Å²) in [6.45, 7) is 4.60. The van der Waals surface area contributed by atoms with Gasteiger partial charge in [-0.3, -0.25) is 4.79 Å². The van der Waals surface area contributed by atoms with Crippen molar-refractivity contribution in [2.24, 2.45) is 0 Å². The first-order valence-corrected chi connectivity index (χ1v) is 8.80. The minimum absolute atomic E-state index is 0.243. The van der Waals surface area contributed by atoms with E-state index in [1.165, 1.54) is 0 Å². The number of nitrogens with one attached hydrogen (secondary N) is 1. The van der Waals surface area contributed by atoms with Gasteiger partial charge in [-0.05, 0) is 19.9 Å². The van der Waals surface area contributed by atoms with E-state index in [1.54, 1.807) is 11.8 Å². The molecule has 1 aliphatic rings. The van der Waals surface area contributed by atoms with Crippen molar-refractivity contribution < 1.29 is 17.9 Å². The first-order chi connectivity index (χ1) is 10.2. The number of aromatic nitrogens is 2. The fourth-order valence-electron chi connectivity index (χ4n) is 2.27. The number of hydrogen-bond donors (Lipinski definition) is 1. The van der Waals surface area contributed by atoms with E-state index in [0.29, 0.717) is 25.5 Å². The number of morpholine rings is 1. The van der Waals surface area contributed by atoms with Crippen molar-refractivity contribution in [2.45, 2.75) is 20.0 Å². The van der Waals surface area contributed by atoms with E-state index in [9.17, 15) is 13.2 Å². The average molecular weight is 328 g/mol. The second-order valence-electron chi connectivity index (χ2n) is 5.27. The Bertz CT molecular complexity index is 642. The summed E-state index contributed by atoms with van der Waals surface area (Å²) >= 11 is 0. The summed E-state index contributed by atoms with van der Waals surface area (Å²) in [5, 5.41) is 0. The molecule has 1 saturated heterocycles. The first kappa shape index (κ1) is 16.8. The van der Waals surface area contributed by atoms with Crippen LogP contribution in [-0.4, -0.2) is 61.7 Å². The summed E-state index contributed by atoms with van der Waals surface area (Å²) in [5.41, 5.74) is 1.58. The zero-order valence-electron chi connectivity index (χ0n) is 12.9. The number of ether oxygens (including phenoxy) is 1. The molecule has 9 heteroatoms. The summed E-state index contributed by atoms with van der Waals surface area (Å²) in [6, 6.07) is 1.83. The molecule has 8 nitrogen and oxygen atoms in total. The molecular formula is C13H20N4O4S. The summed E-state index contributed by atoms with van der Waals surface area (Å²) in [4.78, 5) is 22.2. The second-order valence-corrected chi connectivity index (χ2v) is 7.11. The maximum Gasteiger partial charge on any atom is 0.237 e. The highest BCUT2D eigenvalue weighted by molar-refractivity contribution is 7.88. The highest BCUT2D eigenvalue weighted by atomic mass is 32.2. The smallest absolute Gasteiger partial charge is 0.237 e. The Hall–Kier alpha value is -1.58. The number of rotatable bonds is 4. The normalized spacial score (nSPS) is 19.2. The molecule has 0 bridgehead atoms. The van der Waals surface area contributed by atoms with Crippen molar-refractivity contribution in [3.63, 3.8) is 0 Å². The molecule has 1 atom stereocenters. The van der Waals surface area contributed by atoms with Gasteiger partial charge in [0, 0.05) is 12.2 Å². The molecule has 1 fully saturated rings. The van der Waals surface area contributed by atoms with Crippen molar-refractivity contribution in [3.05, 3.63) is 23.3 Å². The lowest BCUT2D eigenvalue weighted by Gasteiger charge is -2.32. The molecule has 0 spiro atoms. The fraction of sp³-hybridized carbons (Fsp3) is 0.615. The Morgan fingerprint density at radius 2 is 2.18 bits per heavy atom. The number of amides is 1. The van der Waals surface area contributed by atoms with Crippen LogP contribution in [-0.2, 0) is 19.6 Å². The Labute approximate surface area is 129 Å². The van der Waals surface area contributed by atoms with Gasteiger partial charge >= 0.3 is 0 Å². The van der Waals surface area contributed by atoms with Crippen molar-refractivity contribution in [1.82, 2.24) is 19.6 Å². The summed E-state index contributed by atoms with van der Waals surface area (Å²) < 4.78 is 30.0. The highest BCUT2D eigenvalue weighted by Gasteiger charge is 2.26. The number of carbonyl (C=O) groups is 1. The van der Waals surface area contributed by atoms with Gasteiger partial charge in [-0.1, -0.05) is 0 Å². The van der Waals surface area contributed by atoms with E-state index < -0.39 is 10.0 Å². The second kappa shape index (κ2) is 6.67. The molecule has 0 unspecified atom stereocenters. The van der Waals surface area contributed by atoms with Gasteiger partial charge in [-0.15, -0.1) is 0 Å². The molecule has 0 aromatic carbocycles. The van der Waals surface area contributed by atoms with Gasteiger partial charge in [0.2, 0.25) is 15.9 Å². The lowest BCUT2D eigenvalue weighted by atomic mass is 10.1. The van der Waals surface area contributed by atoms with Crippen molar-refractivity contribution >= 4 is 15.9 Å². The zero-order chi connectivity index (χ0) is 16.3. The van der Waals surface area contributed by atoms with Gasteiger partial charge in [-0.2, -0.15) is 0 Å². The van der Waals surface area contributed by atoms with Gasteiger partial charge in [0.15, 0.2) is 0 Å². The topological polar surface area (TPSA) is 101 Å². The Morgan fingerprint density at radius 3 is 2.82 bits per heavy atom. The van der Waals surface area contributed by atoms with Gasteiger partial charge in [0.25, 0.3) is 0 Å². The molecule has 0 aliphatic carbocycles. The fourth-order valence-corrected chi connectivity index (χ4v) is 2.66. The van der Waals surface area contributed by atoms with Crippen LogP contribution in [0.2, 0.25) is 0 Å². The minimum atomic E-state index is -3.38. The number of hydrogen-bond acceptors (Lipinski definition) is 6. The molecule has 1 aromatic rings. The lowest BCUT2D eigenvalue weighted by molar-refractivity contribution is -0.137. The summed E-state index contributed by atoms with van der Waals surface area (Å²) in [6.07, 6.45) is 0.700. The molecule has 1 aromatic heterocycles. The highest BCUT2D eigenvalue weighted by Crippen LogP contribution is 2.21. The third-order valence-corrected chi connectivity index (χ3v) is 3.89. The summed E-state index contributed by atoms with van der Waals surface area (Å²) in [5.74, 6) is 0.377. The van der Waals surface area contributed by atoms with Crippen LogP contribution >= 0.6 is 0 Å². The zero-order valence-corrected chi connectivity index (χ0v) is 13.7. The van der Waals surface area contributed by atoms with Crippen molar-refractivity contribution in [3.8, 4) is 0 Å². The maximum atomic E-state index is 12.1. The lowest BCUT2D eigenvalue weighted by Crippen LogP contribution is -2.46. The maximum absolute atomic E-state index is 12.1. The number of sulfonamides is 1. The van der Waals surface area contributed by atoms with Crippen LogP contribution in [0.4, 0.5) is 0 Å². The number of nitrogens with zero attached hydrogens (tertiary/aromatic N) is 3.